The summed E-state index contributed by atoms with van der Waals surface area (Å²) in [6.45, 7) is 0. The number of nitrogens with zero attached hydrogens (tertiary/aromatic N) is 2. The molecular formula is C13H12N2. The molecule has 0 saturated heterocycles. The third kappa shape index (κ3) is 1.61. The molecule has 0 aliphatic heterocycles. The van der Waals surface area contributed by atoms with E-state index in [1.165, 1.54) is 18.2 Å². The van der Waals surface area contributed by atoms with E-state index in [-0.39, 0.29) is 0 Å². The lowest BCUT2D eigenvalue weighted by Crippen LogP contribution is -1.88. The van der Waals surface area contributed by atoms with Crippen LogP contribution in [0.15, 0.2) is 24.4 Å². The van der Waals surface area contributed by atoms with Gasteiger partial charge in [-0.1, -0.05) is 11.8 Å². The standard InChI is InChI=1S/C13H12N2/c1-15-13-7-6-11(5-4-10-2-3-10)8-12(13)9-14-15/h6-10H,2-3H2,1H3. The summed E-state index contributed by atoms with van der Waals surface area (Å²) < 4.78 is 1.88. The second-order valence-electron chi connectivity index (χ2n) is 4.09. The molecule has 0 bridgehead atoms. The molecule has 2 aromatic rings. The zero-order valence-electron chi connectivity index (χ0n) is 8.70. The molecule has 3 rings (SSSR count). The summed E-state index contributed by atoms with van der Waals surface area (Å²) in [7, 11) is 1.96. The Bertz CT molecular complexity index is 565. The van der Waals surface area contributed by atoms with E-state index in [4.69, 9.17) is 0 Å². The van der Waals surface area contributed by atoms with E-state index in [1.54, 1.807) is 0 Å². The minimum absolute atomic E-state index is 0.662. The van der Waals surface area contributed by atoms with Crippen molar-refractivity contribution in [1.82, 2.24) is 9.78 Å². The molecule has 0 amide bonds. The lowest BCUT2D eigenvalue weighted by Gasteiger charge is -1.94. The van der Waals surface area contributed by atoms with Gasteiger partial charge in [-0.25, -0.2) is 0 Å². The SMILES string of the molecule is Cn1ncc2cc(C#CC3CC3)ccc21. The first-order valence-corrected chi connectivity index (χ1v) is 5.26. The molecule has 1 aromatic carbocycles. The van der Waals surface area contributed by atoms with Crippen molar-refractivity contribution in [1.29, 1.82) is 0 Å². The van der Waals surface area contributed by atoms with Crippen molar-refractivity contribution in [2.24, 2.45) is 13.0 Å². The van der Waals surface area contributed by atoms with E-state index in [9.17, 15) is 0 Å². The van der Waals surface area contributed by atoms with Crippen LogP contribution in [0.1, 0.15) is 18.4 Å². The molecule has 1 aromatic heterocycles. The van der Waals surface area contributed by atoms with Crippen LogP contribution in [-0.2, 0) is 7.05 Å². The summed E-state index contributed by atoms with van der Waals surface area (Å²) in [4.78, 5) is 0. The van der Waals surface area contributed by atoms with Crippen LogP contribution in [0.2, 0.25) is 0 Å². The van der Waals surface area contributed by atoms with Crippen molar-refractivity contribution in [3.8, 4) is 11.8 Å². The highest BCUT2D eigenvalue weighted by molar-refractivity contribution is 5.80. The lowest BCUT2D eigenvalue weighted by molar-refractivity contribution is 0.797. The molecule has 1 aliphatic carbocycles. The molecule has 1 saturated carbocycles. The van der Waals surface area contributed by atoms with Gasteiger partial charge in [0.1, 0.15) is 0 Å². The average Bonchev–Trinajstić information content (AvgIpc) is 3.01. The number of rotatable bonds is 0. The van der Waals surface area contributed by atoms with Crippen LogP contribution >= 0.6 is 0 Å². The number of hydrogen-bond donors (Lipinski definition) is 0. The van der Waals surface area contributed by atoms with Gasteiger partial charge in [-0.2, -0.15) is 5.10 Å². The van der Waals surface area contributed by atoms with Crippen LogP contribution in [0.4, 0.5) is 0 Å². The molecule has 1 aliphatic rings. The first kappa shape index (κ1) is 8.55. The maximum Gasteiger partial charge on any atom is 0.0679 e. The van der Waals surface area contributed by atoms with Gasteiger partial charge in [0.2, 0.25) is 0 Å². The van der Waals surface area contributed by atoms with Gasteiger partial charge in [0, 0.05) is 23.9 Å². The Morgan fingerprint density at radius 3 is 3.07 bits per heavy atom. The highest BCUT2D eigenvalue weighted by Crippen LogP contribution is 2.27. The van der Waals surface area contributed by atoms with E-state index >= 15 is 0 Å². The molecule has 74 valence electrons. The highest BCUT2D eigenvalue weighted by atomic mass is 15.2. The fourth-order valence-electron chi connectivity index (χ4n) is 1.65. The van der Waals surface area contributed by atoms with Crippen molar-refractivity contribution in [2.75, 3.05) is 0 Å². The maximum atomic E-state index is 4.21. The molecular weight excluding hydrogens is 184 g/mol. The lowest BCUT2D eigenvalue weighted by atomic mass is 10.1. The van der Waals surface area contributed by atoms with Crippen LogP contribution < -0.4 is 0 Å². The predicted octanol–water partition coefficient (Wildman–Crippen LogP) is 2.33. The van der Waals surface area contributed by atoms with Crippen LogP contribution in [0.3, 0.4) is 0 Å². The van der Waals surface area contributed by atoms with Crippen molar-refractivity contribution < 1.29 is 0 Å². The molecule has 0 radical (unpaired) electrons. The molecule has 2 heteroatoms. The minimum atomic E-state index is 0.662. The average molecular weight is 196 g/mol. The Balaban J connectivity index is 2.03. The fraction of sp³-hybridized carbons (Fsp3) is 0.308. The highest BCUT2D eigenvalue weighted by Gasteiger charge is 2.17. The molecule has 0 N–H and O–H groups in total. The second-order valence-corrected chi connectivity index (χ2v) is 4.09. The summed E-state index contributed by atoms with van der Waals surface area (Å²) in [5.41, 5.74) is 2.26. The van der Waals surface area contributed by atoms with Crippen molar-refractivity contribution in [2.45, 2.75) is 12.8 Å². The topological polar surface area (TPSA) is 17.8 Å². The Hall–Kier alpha value is -1.75. The largest absolute Gasteiger partial charge is 0.268 e. The van der Waals surface area contributed by atoms with Gasteiger partial charge in [0.15, 0.2) is 0 Å². The van der Waals surface area contributed by atoms with E-state index < -0.39 is 0 Å². The van der Waals surface area contributed by atoms with Gasteiger partial charge in [0.25, 0.3) is 0 Å². The predicted molar refractivity (Wildman–Crippen MR) is 60.3 cm³/mol. The molecule has 0 spiro atoms. The van der Waals surface area contributed by atoms with E-state index in [0.717, 1.165) is 11.1 Å². The zero-order chi connectivity index (χ0) is 10.3. The summed E-state index contributed by atoms with van der Waals surface area (Å²) in [5, 5.41) is 5.38. The molecule has 2 nitrogen and oxygen atoms in total. The van der Waals surface area contributed by atoms with E-state index in [2.05, 4.69) is 35.1 Å². The molecule has 0 unspecified atom stereocenters. The fourth-order valence-corrected chi connectivity index (χ4v) is 1.65. The first-order valence-electron chi connectivity index (χ1n) is 5.26. The Kier molecular flexibility index (Phi) is 1.78. The van der Waals surface area contributed by atoms with E-state index in [0.29, 0.717) is 5.92 Å². The normalized spacial score (nSPS) is 15.0. The summed E-state index contributed by atoms with van der Waals surface area (Å²) in [6.07, 6.45) is 4.45. The third-order valence-corrected chi connectivity index (χ3v) is 2.74. The summed E-state index contributed by atoms with van der Waals surface area (Å²) >= 11 is 0. The number of hydrogen-bond acceptors (Lipinski definition) is 1. The second kappa shape index (κ2) is 3.13. The molecule has 1 heterocycles. The zero-order valence-corrected chi connectivity index (χ0v) is 8.70. The number of aromatic nitrogens is 2. The molecule has 1 fully saturated rings. The van der Waals surface area contributed by atoms with Crippen molar-refractivity contribution in [3.05, 3.63) is 30.0 Å². The van der Waals surface area contributed by atoms with Crippen molar-refractivity contribution in [3.63, 3.8) is 0 Å². The van der Waals surface area contributed by atoms with Gasteiger partial charge in [-0.15, -0.1) is 0 Å². The Labute approximate surface area is 88.9 Å². The summed E-state index contributed by atoms with van der Waals surface area (Å²) in [6, 6.07) is 6.26. The van der Waals surface area contributed by atoms with E-state index in [1.807, 2.05) is 17.9 Å². The van der Waals surface area contributed by atoms with Crippen LogP contribution in [0, 0.1) is 17.8 Å². The Morgan fingerprint density at radius 1 is 1.40 bits per heavy atom. The van der Waals surface area contributed by atoms with Gasteiger partial charge in [-0.3, -0.25) is 4.68 Å². The Morgan fingerprint density at radius 2 is 2.27 bits per heavy atom. The maximum absolute atomic E-state index is 4.21. The monoisotopic (exact) mass is 196 g/mol. The van der Waals surface area contributed by atoms with Gasteiger partial charge >= 0.3 is 0 Å². The molecule has 0 atom stereocenters. The van der Waals surface area contributed by atoms with Crippen LogP contribution in [0.5, 0.6) is 0 Å². The molecule has 15 heavy (non-hydrogen) atoms. The first-order chi connectivity index (χ1) is 7.33. The van der Waals surface area contributed by atoms with Crippen LogP contribution in [-0.4, -0.2) is 9.78 Å². The summed E-state index contributed by atoms with van der Waals surface area (Å²) in [5.74, 6) is 7.15. The quantitative estimate of drug-likeness (QED) is 0.591. The smallest absolute Gasteiger partial charge is 0.0679 e. The van der Waals surface area contributed by atoms with Gasteiger partial charge in [-0.05, 0) is 31.0 Å². The number of benzene rings is 1. The number of fused-ring (bicyclic) bond motifs is 1. The minimum Gasteiger partial charge on any atom is -0.268 e. The van der Waals surface area contributed by atoms with Crippen LogP contribution in [0.25, 0.3) is 10.9 Å². The van der Waals surface area contributed by atoms with Gasteiger partial charge < -0.3 is 0 Å². The van der Waals surface area contributed by atoms with Crippen molar-refractivity contribution >= 4 is 10.9 Å². The number of aryl methyl sites for hydroxylation is 1. The van der Waals surface area contributed by atoms with Gasteiger partial charge in [0.05, 0.1) is 11.7 Å². The third-order valence-electron chi connectivity index (χ3n) is 2.74.